The molecule has 2 N–H and O–H groups in total. The summed E-state index contributed by atoms with van der Waals surface area (Å²) in [5.41, 5.74) is 6.53. The van der Waals surface area contributed by atoms with Gasteiger partial charge in [-0.25, -0.2) is 4.98 Å². The lowest BCUT2D eigenvalue weighted by Crippen LogP contribution is -2.36. The Morgan fingerprint density at radius 3 is 2.69 bits per heavy atom. The third-order valence-electron chi connectivity index (χ3n) is 2.43. The molecule has 0 aliphatic carbocycles. The summed E-state index contributed by atoms with van der Waals surface area (Å²) < 4.78 is 5.15. The molecule has 0 spiro atoms. The van der Waals surface area contributed by atoms with Crippen LogP contribution in [0.2, 0.25) is 0 Å². The molecule has 0 aliphatic heterocycles. The number of ether oxygens (including phenoxy) is 1. The molecule has 0 saturated carbocycles. The van der Waals surface area contributed by atoms with Gasteiger partial charge in [0.05, 0.1) is 12.6 Å². The van der Waals surface area contributed by atoms with Gasteiger partial charge in [0.25, 0.3) is 0 Å². The first-order valence-electron chi connectivity index (χ1n) is 5.45. The second-order valence-corrected chi connectivity index (χ2v) is 3.82. The van der Waals surface area contributed by atoms with Crippen LogP contribution in [0.25, 0.3) is 0 Å². The van der Waals surface area contributed by atoms with Gasteiger partial charge in [-0.05, 0) is 20.8 Å². The Balaban J connectivity index is 2.94. The average molecular weight is 224 g/mol. The van der Waals surface area contributed by atoms with Gasteiger partial charge in [-0.2, -0.15) is 4.98 Å². The van der Waals surface area contributed by atoms with Crippen molar-refractivity contribution in [1.29, 1.82) is 0 Å². The maximum absolute atomic E-state index is 5.65. The molecule has 0 amide bonds. The van der Waals surface area contributed by atoms with E-state index in [0.29, 0.717) is 12.6 Å². The van der Waals surface area contributed by atoms with Crippen molar-refractivity contribution >= 4 is 11.8 Å². The summed E-state index contributed by atoms with van der Waals surface area (Å²) in [6.07, 6.45) is 0. The highest BCUT2D eigenvalue weighted by molar-refractivity contribution is 5.44. The van der Waals surface area contributed by atoms with E-state index in [-0.39, 0.29) is 6.04 Å². The molecule has 0 aliphatic rings. The lowest BCUT2D eigenvalue weighted by Gasteiger charge is -2.28. The van der Waals surface area contributed by atoms with Crippen molar-refractivity contribution in [3.63, 3.8) is 0 Å². The largest absolute Gasteiger partial charge is 0.383 e. The fourth-order valence-electron chi connectivity index (χ4n) is 1.75. The molecule has 1 atom stereocenters. The smallest absolute Gasteiger partial charge is 0.222 e. The topological polar surface area (TPSA) is 64.3 Å². The van der Waals surface area contributed by atoms with E-state index < -0.39 is 0 Å². The highest BCUT2D eigenvalue weighted by Crippen LogP contribution is 2.16. The van der Waals surface area contributed by atoms with Crippen LogP contribution in [0.1, 0.15) is 19.5 Å². The van der Waals surface area contributed by atoms with Crippen LogP contribution in [0, 0.1) is 6.92 Å². The normalized spacial score (nSPS) is 12.5. The number of likely N-dealkylation sites (N-methyl/N-ethyl adjacent to an activating group) is 1. The first kappa shape index (κ1) is 12.7. The molecule has 5 nitrogen and oxygen atoms in total. The molecule has 0 aromatic carbocycles. The number of hydrogen-bond acceptors (Lipinski definition) is 5. The van der Waals surface area contributed by atoms with Gasteiger partial charge < -0.3 is 15.4 Å². The van der Waals surface area contributed by atoms with Gasteiger partial charge in [0, 0.05) is 25.4 Å². The number of hydrogen-bond donors (Lipinski definition) is 1. The minimum atomic E-state index is 0.267. The van der Waals surface area contributed by atoms with Crippen LogP contribution < -0.4 is 10.6 Å². The van der Waals surface area contributed by atoms with Crippen LogP contribution in [0.15, 0.2) is 6.07 Å². The molecular formula is C11H20N4O. The molecule has 90 valence electrons. The van der Waals surface area contributed by atoms with E-state index in [0.717, 1.165) is 18.1 Å². The number of anilines is 2. The number of rotatable bonds is 5. The van der Waals surface area contributed by atoms with Crippen molar-refractivity contribution in [2.45, 2.75) is 26.8 Å². The second-order valence-electron chi connectivity index (χ2n) is 3.82. The fourth-order valence-corrected chi connectivity index (χ4v) is 1.75. The molecule has 1 aromatic heterocycles. The van der Waals surface area contributed by atoms with Gasteiger partial charge >= 0.3 is 0 Å². The Labute approximate surface area is 96.6 Å². The van der Waals surface area contributed by atoms with Gasteiger partial charge in [-0.3, -0.25) is 0 Å². The highest BCUT2D eigenvalue weighted by Gasteiger charge is 2.14. The Morgan fingerprint density at radius 1 is 1.50 bits per heavy atom. The van der Waals surface area contributed by atoms with Crippen molar-refractivity contribution in [2.75, 3.05) is 30.9 Å². The van der Waals surface area contributed by atoms with Crippen LogP contribution in [-0.2, 0) is 4.74 Å². The number of methoxy groups -OCH3 is 1. The molecule has 1 heterocycles. The van der Waals surface area contributed by atoms with E-state index >= 15 is 0 Å². The molecule has 0 bridgehead atoms. The molecule has 16 heavy (non-hydrogen) atoms. The predicted molar refractivity (Wildman–Crippen MR) is 65.5 cm³/mol. The Hall–Kier alpha value is -1.36. The van der Waals surface area contributed by atoms with Crippen LogP contribution in [0.3, 0.4) is 0 Å². The van der Waals surface area contributed by atoms with Crippen LogP contribution >= 0.6 is 0 Å². The minimum absolute atomic E-state index is 0.267. The van der Waals surface area contributed by atoms with Crippen molar-refractivity contribution < 1.29 is 4.74 Å². The van der Waals surface area contributed by atoms with Crippen molar-refractivity contribution in [1.82, 2.24) is 9.97 Å². The third kappa shape index (κ3) is 3.06. The number of nitrogens with zero attached hydrogens (tertiary/aromatic N) is 3. The van der Waals surface area contributed by atoms with Crippen LogP contribution in [-0.4, -0.2) is 36.3 Å². The summed E-state index contributed by atoms with van der Waals surface area (Å²) in [6.45, 7) is 7.62. The van der Waals surface area contributed by atoms with E-state index in [1.165, 1.54) is 0 Å². The van der Waals surface area contributed by atoms with Crippen LogP contribution in [0.4, 0.5) is 11.8 Å². The molecule has 1 aromatic rings. The fraction of sp³-hybridized carbons (Fsp3) is 0.636. The average Bonchev–Trinajstić information content (AvgIpc) is 2.17. The Bertz CT molecular complexity index is 323. The summed E-state index contributed by atoms with van der Waals surface area (Å²) >= 11 is 0. The molecule has 0 radical (unpaired) electrons. The maximum atomic E-state index is 5.65. The molecular weight excluding hydrogens is 204 g/mol. The highest BCUT2D eigenvalue weighted by atomic mass is 16.5. The zero-order chi connectivity index (χ0) is 12.1. The van der Waals surface area contributed by atoms with Crippen molar-refractivity contribution in [2.24, 2.45) is 0 Å². The number of aromatic nitrogens is 2. The van der Waals surface area contributed by atoms with Gasteiger partial charge in [-0.1, -0.05) is 0 Å². The number of nitrogen functional groups attached to an aromatic ring is 1. The Kier molecular flexibility index (Phi) is 4.49. The maximum Gasteiger partial charge on any atom is 0.222 e. The predicted octanol–water partition coefficient (Wildman–Crippen LogP) is 1.23. The Morgan fingerprint density at radius 2 is 2.19 bits per heavy atom. The van der Waals surface area contributed by atoms with E-state index in [1.807, 2.05) is 13.0 Å². The molecule has 1 unspecified atom stereocenters. The molecule has 1 rings (SSSR count). The summed E-state index contributed by atoms with van der Waals surface area (Å²) in [7, 11) is 1.70. The summed E-state index contributed by atoms with van der Waals surface area (Å²) in [4.78, 5) is 10.5. The van der Waals surface area contributed by atoms with Gasteiger partial charge in [0.15, 0.2) is 0 Å². The van der Waals surface area contributed by atoms with E-state index in [9.17, 15) is 0 Å². The van der Waals surface area contributed by atoms with E-state index in [1.54, 1.807) is 7.11 Å². The minimum Gasteiger partial charge on any atom is -0.383 e. The first-order chi connectivity index (χ1) is 7.58. The van der Waals surface area contributed by atoms with Gasteiger partial charge in [0.1, 0.15) is 5.82 Å². The quantitative estimate of drug-likeness (QED) is 0.815. The van der Waals surface area contributed by atoms with Crippen molar-refractivity contribution in [3.05, 3.63) is 11.8 Å². The second kappa shape index (κ2) is 5.65. The number of aryl methyl sites for hydroxylation is 1. The molecule has 0 saturated heterocycles. The molecule has 5 heteroatoms. The first-order valence-corrected chi connectivity index (χ1v) is 5.45. The van der Waals surface area contributed by atoms with Gasteiger partial charge in [0.2, 0.25) is 5.95 Å². The lowest BCUT2D eigenvalue weighted by molar-refractivity contribution is 0.181. The molecule has 0 fully saturated rings. The van der Waals surface area contributed by atoms with E-state index in [2.05, 4.69) is 28.7 Å². The summed E-state index contributed by atoms with van der Waals surface area (Å²) in [6, 6.07) is 2.20. The zero-order valence-electron chi connectivity index (χ0n) is 10.4. The zero-order valence-corrected chi connectivity index (χ0v) is 10.4. The lowest BCUT2D eigenvalue weighted by atomic mass is 10.3. The van der Waals surface area contributed by atoms with Gasteiger partial charge in [-0.15, -0.1) is 0 Å². The standard InChI is InChI=1S/C11H20N4O/c1-5-15(9(3)7-16-4)10-6-8(2)13-11(12)14-10/h6,9H,5,7H2,1-4H3,(H2,12,13,14). The monoisotopic (exact) mass is 224 g/mol. The summed E-state index contributed by atoms with van der Waals surface area (Å²) in [5, 5.41) is 0. The van der Waals surface area contributed by atoms with E-state index in [4.69, 9.17) is 10.5 Å². The number of nitrogens with two attached hydrogens (primary N) is 1. The third-order valence-corrected chi connectivity index (χ3v) is 2.43. The summed E-state index contributed by atoms with van der Waals surface area (Å²) in [5.74, 6) is 1.18. The van der Waals surface area contributed by atoms with Crippen LogP contribution in [0.5, 0.6) is 0 Å². The SMILES string of the molecule is CCN(c1cc(C)nc(N)n1)C(C)COC. The van der Waals surface area contributed by atoms with Crippen molar-refractivity contribution in [3.8, 4) is 0 Å².